The van der Waals surface area contributed by atoms with E-state index in [0.717, 1.165) is 4.90 Å². The lowest BCUT2D eigenvalue weighted by molar-refractivity contribution is -0.139. The first kappa shape index (κ1) is 19.7. The molecule has 0 saturated carbocycles. The second kappa shape index (κ2) is 8.34. The van der Waals surface area contributed by atoms with Gasteiger partial charge in [-0.2, -0.15) is 0 Å². The van der Waals surface area contributed by atoms with Gasteiger partial charge in [0, 0.05) is 0 Å². The molecule has 2 aromatic rings. The van der Waals surface area contributed by atoms with Gasteiger partial charge in [-0.25, -0.2) is 14.0 Å². The van der Waals surface area contributed by atoms with E-state index < -0.39 is 36.2 Å². The number of carbonyl (C=O) groups excluding carboxylic acids is 3. The highest BCUT2D eigenvalue weighted by atomic mass is 19.1. The van der Waals surface area contributed by atoms with Crippen LogP contribution in [0.3, 0.4) is 0 Å². The number of imide groups is 2. The van der Waals surface area contributed by atoms with Gasteiger partial charge in [-0.15, -0.1) is 0 Å². The molecule has 8 nitrogen and oxygen atoms in total. The molecule has 4 amide bonds. The Balaban J connectivity index is 1.79. The minimum absolute atomic E-state index is 0.127. The van der Waals surface area contributed by atoms with Gasteiger partial charge in [0.1, 0.15) is 17.1 Å². The Morgan fingerprint density at radius 1 is 1.07 bits per heavy atom. The summed E-state index contributed by atoms with van der Waals surface area (Å²) in [5, 5.41) is 10.7. The monoisotopic (exact) mass is 398 g/mol. The Morgan fingerprint density at radius 2 is 1.72 bits per heavy atom. The summed E-state index contributed by atoms with van der Waals surface area (Å²) in [5.74, 6) is -2.88. The van der Waals surface area contributed by atoms with Gasteiger partial charge in [0.25, 0.3) is 11.8 Å². The third-order valence-corrected chi connectivity index (χ3v) is 3.99. The Morgan fingerprint density at radius 3 is 2.34 bits per heavy atom. The Hall–Kier alpha value is -4.01. The van der Waals surface area contributed by atoms with Crippen molar-refractivity contribution in [1.82, 2.24) is 10.2 Å². The fourth-order valence-electron chi connectivity index (χ4n) is 2.58. The fourth-order valence-corrected chi connectivity index (χ4v) is 2.58. The maximum atomic E-state index is 13.0. The summed E-state index contributed by atoms with van der Waals surface area (Å²) < 4.78 is 18.1. The quantitative estimate of drug-likeness (QED) is 0.568. The summed E-state index contributed by atoms with van der Waals surface area (Å²) in [6.45, 7) is -0.626. The maximum Gasteiger partial charge on any atom is 0.341 e. The zero-order valence-electron chi connectivity index (χ0n) is 14.9. The van der Waals surface area contributed by atoms with E-state index in [4.69, 9.17) is 9.84 Å². The van der Waals surface area contributed by atoms with E-state index in [2.05, 4.69) is 5.32 Å². The number of carboxylic acid groups (broad SMARTS) is 1. The van der Waals surface area contributed by atoms with Gasteiger partial charge >= 0.3 is 12.0 Å². The average Bonchev–Trinajstić information content (AvgIpc) is 2.69. The molecule has 148 valence electrons. The molecule has 0 bridgehead atoms. The van der Waals surface area contributed by atoms with Crippen LogP contribution in [0.4, 0.5) is 9.18 Å². The van der Waals surface area contributed by atoms with Gasteiger partial charge in [-0.05, 0) is 41.5 Å². The molecule has 0 spiro atoms. The van der Waals surface area contributed by atoms with Crippen molar-refractivity contribution < 1.29 is 33.4 Å². The Bertz CT molecular complexity index is 999. The van der Waals surface area contributed by atoms with Crippen molar-refractivity contribution >= 4 is 29.9 Å². The summed E-state index contributed by atoms with van der Waals surface area (Å²) >= 11 is 0. The number of carbonyl (C=O) groups is 4. The largest absolute Gasteiger partial charge is 0.482 e. The van der Waals surface area contributed by atoms with E-state index in [1.54, 1.807) is 0 Å². The van der Waals surface area contributed by atoms with Crippen LogP contribution in [-0.2, 0) is 20.9 Å². The molecular formula is C20H15FN2O6. The third kappa shape index (κ3) is 4.83. The normalized spacial score (nSPS) is 15.4. The zero-order chi connectivity index (χ0) is 21.0. The van der Waals surface area contributed by atoms with Gasteiger partial charge in [-0.3, -0.25) is 19.8 Å². The number of nitrogens with one attached hydrogen (secondary N) is 1. The van der Waals surface area contributed by atoms with Crippen LogP contribution in [0.25, 0.3) is 6.08 Å². The molecule has 1 fully saturated rings. The second-order valence-electron chi connectivity index (χ2n) is 6.09. The predicted octanol–water partition coefficient (Wildman–Crippen LogP) is 1.95. The molecule has 0 aliphatic carbocycles. The minimum Gasteiger partial charge on any atom is -0.482 e. The van der Waals surface area contributed by atoms with Gasteiger partial charge in [0.2, 0.25) is 0 Å². The highest BCUT2D eigenvalue weighted by Gasteiger charge is 2.35. The first-order valence-corrected chi connectivity index (χ1v) is 8.41. The predicted molar refractivity (Wildman–Crippen MR) is 98.0 cm³/mol. The second-order valence-corrected chi connectivity index (χ2v) is 6.09. The molecule has 0 unspecified atom stereocenters. The van der Waals surface area contributed by atoms with E-state index in [1.165, 1.54) is 54.6 Å². The molecule has 9 heteroatoms. The highest BCUT2D eigenvalue weighted by molar-refractivity contribution is 6.30. The van der Waals surface area contributed by atoms with Crippen molar-refractivity contribution in [1.29, 1.82) is 0 Å². The number of rotatable bonds is 6. The van der Waals surface area contributed by atoms with Crippen molar-refractivity contribution in [2.45, 2.75) is 6.54 Å². The summed E-state index contributed by atoms with van der Waals surface area (Å²) in [6, 6.07) is 10.5. The molecule has 3 rings (SSSR count). The van der Waals surface area contributed by atoms with Crippen LogP contribution in [0.1, 0.15) is 11.1 Å². The van der Waals surface area contributed by atoms with Gasteiger partial charge in [-0.1, -0.05) is 24.3 Å². The average molecular weight is 398 g/mol. The molecule has 1 aliphatic rings. The Kier molecular flexibility index (Phi) is 5.68. The number of hydrogen-bond acceptors (Lipinski definition) is 5. The Labute approximate surface area is 164 Å². The number of aliphatic carboxylic acids is 1. The fraction of sp³-hybridized carbons (Fsp3) is 0.100. The molecule has 0 atom stereocenters. The molecule has 0 aromatic heterocycles. The summed E-state index contributed by atoms with van der Waals surface area (Å²) in [4.78, 5) is 48.2. The van der Waals surface area contributed by atoms with Crippen LogP contribution < -0.4 is 10.1 Å². The van der Waals surface area contributed by atoms with Crippen molar-refractivity contribution in [2.75, 3.05) is 6.61 Å². The summed E-state index contributed by atoms with van der Waals surface area (Å²) in [6.07, 6.45) is 1.31. The van der Waals surface area contributed by atoms with E-state index >= 15 is 0 Å². The molecule has 1 aliphatic heterocycles. The van der Waals surface area contributed by atoms with Crippen molar-refractivity contribution in [2.24, 2.45) is 0 Å². The summed E-state index contributed by atoms with van der Waals surface area (Å²) in [7, 11) is 0. The lowest BCUT2D eigenvalue weighted by Crippen LogP contribution is -2.53. The first-order chi connectivity index (χ1) is 13.8. The van der Waals surface area contributed by atoms with Crippen LogP contribution in [-0.4, -0.2) is 40.4 Å². The number of benzene rings is 2. The topological polar surface area (TPSA) is 113 Å². The first-order valence-electron chi connectivity index (χ1n) is 8.41. The maximum absolute atomic E-state index is 13.0. The van der Waals surface area contributed by atoms with E-state index in [0.29, 0.717) is 16.9 Å². The van der Waals surface area contributed by atoms with Crippen LogP contribution in [0.15, 0.2) is 54.1 Å². The SMILES string of the molecule is O=C(O)COc1ccc(C=C2C(=O)NC(=O)N(Cc3ccc(F)cc3)C2=O)cc1. The van der Waals surface area contributed by atoms with Gasteiger partial charge in [0.15, 0.2) is 6.61 Å². The highest BCUT2D eigenvalue weighted by Crippen LogP contribution is 2.19. The molecule has 1 saturated heterocycles. The van der Waals surface area contributed by atoms with Crippen molar-refractivity contribution in [3.05, 3.63) is 71.0 Å². The number of barbiturate groups is 1. The van der Waals surface area contributed by atoms with Crippen molar-refractivity contribution in [3.8, 4) is 5.75 Å². The van der Waals surface area contributed by atoms with Crippen molar-refractivity contribution in [3.63, 3.8) is 0 Å². The van der Waals surface area contributed by atoms with Gasteiger partial charge in [0.05, 0.1) is 6.54 Å². The van der Waals surface area contributed by atoms with Crippen LogP contribution in [0.2, 0.25) is 0 Å². The zero-order valence-corrected chi connectivity index (χ0v) is 14.9. The third-order valence-electron chi connectivity index (χ3n) is 3.99. The van der Waals surface area contributed by atoms with E-state index in [1.807, 2.05) is 0 Å². The molecule has 2 aromatic carbocycles. The van der Waals surface area contributed by atoms with Crippen LogP contribution >= 0.6 is 0 Å². The molecule has 29 heavy (non-hydrogen) atoms. The van der Waals surface area contributed by atoms with E-state index in [9.17, 15) is 23.6 Å². The molecular weight excluding hydrogens is 383 g/mol. The van der Waals surface area contributed by atoms with Crippen LogP contribution in [0, 0.1) is 5.82 Å². The number of ether oxygens (including phenoxy) is 1. The number of hydrogen-bond donors (Lipinski definition) is 2. The number of carboxylic acids is 1. The number of amides is 4. The molecule has 0 radical (unpaired) electrons. The molecule has 1 heterocycles. The van der Waals surface area contributed by atoms with Gasteiger partial charge < -0.3 is 9.84 Å². The number of halogens is 1. The minimum atomic E-state index is -1.12. The number of urea groups is 1. The van der Waals surface area contributed by atoms with E-state index in [-0.39, 0.29) is 12.1 Å². The standard InChI is InChI=1S/C20H15FN2O6/c21-14-5-1-13(2-6-14)10-23-19(27)16(18(26)22-20(23)28)9-12-3-7-15(8-4-12)29-11-17(24)25/h1-9H,10-11H2,(H,24,25)(H,22,26,28). The lowest BCUT2D eigenvalue weighted by Gasteiger charge is -2.26. The molecule has 2 N–H and O–H groups in total. The number of nitrogens with zero attached hydrogens (tertiary/aromatic N) is 1. The lowest BCUT2D eigenvalue weighted by atomic mass is 10.1. The summed E-state index contributed by atoms with van der Waals surface area (Å²) in [5.41, 5.74) is 0.747. The van der Waals surface area contributed by atoms with Crippen LogP contribution in [0.5, 0.6) is 5.75 Å². The smallest absolute Gasteiger partial charge is 0.341 e.